The van der Waals surface area contributed by atoms with Crippen LogP contribution in [0.3, 0.4) is 0 Å². The van der Waals surface area contributed by atoms with Crippen LogP contribution < -0.4 is 0 Å². The van der Waals surface area contributed by atoms with Crippen LogP contribution in [-0.4, -0.2) is 9.49 Å². The molecule has 0 aliphatic rings. The second-order valence-electron chi connectivity index (χ2n) is 7.49. The standard InChI is InChI=1S/C20H14N2O2.C6H14/c23-22(24)19-9-5-4-8-18(19)16-11-10-15-12-13-21(20(15)14-16)17-6-2-1-3-7-17;1-4-6(3)5-2/h1-14H;6H,4-5H2,1-3H3. The molecular weight excluding hydrogens is 372 g/mol. The summed E-state index contributed by atoms with van der Waals surface area (Å²) in [6, 6.07) is 24.9. The topological polar surface area (TPSA) is 48.1 Å². The molecule has 0 atom stereocenters. The lowest BCUT2D eigenvalue weighted by Gasteiger charge is -2.08. The highest BCUT2D eigenvalue weighted by Crippen LogP contribution is 2.32. The third kappa shape index (κ3) is 4.77. The molecule has 0 radical (unpaired) electrons. The van der Waals surface area contributed by atoms with E-state index in [9.17, 15) is 10.1 Å². The Kier molecular flexibility index (Phi) is 7.02. The summed E-state index contributed by atoms with van der Waals surface area (Å²) >= 11 is 0. The quantitative estimate of drug-likeness (QED) is 0.255. The highest BCUT2D eigenvalue weighted by atomic mass is 16.6. The first kappa shape index (κ1) is 21.3. The largest absolute Gasteiger partial charge is 0.317 e. The zero-order valence-electron chi connectivity index (χ0n) is 17.8. The molecule has 4 nitrogen and oxygen atoms in total. The van der Waals surface area contributed by atoms with Crippen LogP contribution in [0.2, 0.25) is 0 Å². The number of nitrogens with zero attached hydrogens (tertiary/aromatic N) is 2. The lowest BCUT2D eigenvalue weighted by atomic mass is 10.0. The van der Waals surface area contributed by atoms with Gasteiger partial charge in [0.1, 0.15) is 0 Å². The Morgan fingerprint density at radius 1 is 0.900 bits per heavy atom. The Balaban J connectivity index is 0.000000377. The third-order valence-corrected chi connectivity index (χ3v) is 5.53. The van der Waals surface area contributed by atoms with Gasteiger partial charge in [0.2, 0.25) is 0 Å². The number of fused-ring (bicyclic) bond motifs is 1. The van der Waals surface area contributed by atoms with Gasteiger partial charge in [-0.3, -0.25) is 10.1 Å². The van der Waals surface area contributed by atoms with Crippen molar-refractivity contribution in [2.24, 2.45) is 5.92 Å². The van der Waals surface area contributed by atoms with E-state index >= 15 is 0 Å². The van der Waals surface area contributed by atoms with Crippen LogP contribution in [0.25, 0.3) is 27.7 Å². The molecule has 4 rings (SSSR count). The van der Waals surface area contributed by atoms with Crippen LogP contribution in [-0.2, 0) is 0 Å². The lowest BCUT2D eigenvalue weighted by Crippen LogP contribution is -1.93. The Morgan fingerprint density at radius 3 is 2.20 bits per heavy atom. The summed E-state index contributed by atoms with van der Waals surface area (Å²) in [5, 5.41) is 12.4. The summed E-state index contributed by atoms with van der Waals surface area (Å²) in [6.07, 6.45) is 4.68. The fourth-order valence-electron chi connectivity index (χ4n) is 3.28. The predicted octanol–water partition coefficient (Wildman–Crippen LogP) is 7.65. The molecule has 4 heteroatoms. The highest BCUT2D eigenvalue weighted by molar-refractivity contribution is 5.88. The summed E-state index contributed by atoms with van der Waals surface area (Å²) in [7, 11) is 0. The third-order valence-electron chi connectivity index (χ3n) is 5.53. The van der Waals surface area contributed by atoms with Gasteiger partial charge in [-0.15, -0.1) is 0 Å². The van der Waals surface area contributed by atoms with Crippen LogP contribution in [0.5, 0.6) is 0 Å². The second kappa shape index (κ2) is 9.88. The normalized spacial score (nSPS) is 10.7. The molecule has 0 N–H and O–H groups in total. The first-order valence-corrected chi connectivity index (χ1v) is 10.5. The van der Waals surface area contributed by atoms with Gasteiger partial charge >= 0.3 is 0 Å². The van der Waals surface area contributed by atoms with E-state index in [4.69, 9.17) is 0 Å². The molecule has 0 bridgehead atoms. The fraction of sp³-hybridized carbons (Fsp3) is 0.231. The second-order valence-corrected chi connectivity index (χ2v) is 7.49. The molecule has 3 aromatic carbocycles. The molecule has 154 valence electrons. The van der Waals surface area contributed by atoms with Crippen LogP contribution >= 0.6 is 0 Å². The van der Waals surface area contributed by atoms with Crippen molar-refractivity contribution in [1.82, 2.24) is 4.57 Å². The molecule has 0 amide bonds. The van der Waals surface area contributed by atoms with E-state index in [1.165, 1.54) is 18.9 Å². The van der Waals surface area contributed by atoms with Crippen LogP contribution in [0.15, 0.2) is 85.1 Å². The summed E-state index contributed by atoms with van der Waals surface area (Å²) < 4.78 is 2.09. The molecule has 0 saturated carbocycles. The van der Waals surface area contributed by atoms with Gasteiger partial charge in [0.25, 0.3) is 5.69 Å². The van der Waals surface area contributed by atoms with Gasteiger partial charge in [-0.05, 0) is 47.2 Å². The van der Waals surface area contributed by atoms with E-state index in [0.29, 0.717) is 5.56 Å². The van der Waals surface area contributed by atoms with E-state index < -0.39 is 0 Å². The van der Waals surface area contributed by atoms with E-state index in [1.807, 2.05) is 66.9 Å². The van der Waals surface area contributed by atoms with Gasteiger partial charge in [-0.2, -0.15) is 0 Å². The smallest absolute Gasteiger partial charge is 0.277 e. The zero-order valence-corrected chi connectivity index (χ0v) is 17.8. The summed E-state index contributed by atoms with van der Waals surface area (Å²) in [5.74, 6) is 0.935. The Bertz CT molecular complexity index is 1110. The summed E-state index contributed by atoms with van der Waals surface area (Å²) in [4.78, 5) is 11.0. The van der Waals surface area contributed by atoms with Crippen molar-refractivity contribution in [3.63, 3.8) is 0 Å². The molecular formula is C26H28N2O2. The Hall–Kier alpha value is -3.40. The Labute approximate surface area is 177 Å². The Morgan fingerprint density at radius 2 is 1.57 bits per heavy atom. The van der Waals surface area contributed by atoms with Crippen LogP contribution in [0.4, 0.5) is 5.69 Å². The van der Waals surface area contributed by atoms with E-state index in [0.717, 1.165) is 28.1 Å². The molecule has 0 fully saturated rings. The summed E-state index contributed by atoms with van der Waals surface area (Å²) in [6.45, 7) is 6.74. The number of aromatic nitrogens is 1. The van der Waals surface area contributed by atoms with Gasteiger partial charge < -0.3 is 4.57 Å². The van der Waals surface area contributed by atoms with Crippen molar-refractivity contribution in [3.8, 4) is 16.8 Å². The van der Waals surface area contributed by atoms with Crippen LogP contribution in [0.1, 0.15) is 33.6 Å². The molecule has 0 spiro atoms. The average molecular weight is 401 g/mol. The molecule has 0 aliphatic heterocycles. The molecule has 30 heavy (non-hydrogen) atoms. The first-order valence-electron chi connectivity index (χ1n) is 10.5. The fourth-order valence-corrected chi connectivity index (χ4v) is 3.28. The van der Waals surface area contributed by atoms with Gasteiger partial charge in [-0.25, -0.2) is 0 Å². The van der Waals surface area contributed by atoms with E-state index in [1.54, 1.807) is 12.1 Å². The molecule has 0 aliphatic carbocycles. The number of nitro benzene ring substituents is 1. The average Bonchev–Trinajstić information content (AvgIpc) is 3.22. The number of nitro groups is 1. The number of benzene rings is 3. The maximum absolute atomic E-state index is 11.3. The van der Waals surface area contributed by atoms with Gasteiger partial charge in [-0.1, -0.05) is 76.1 Å². The van der Waals surface area contributed by atoms with Gasteiger partial charge in [0.15, 0.2) is 0 Å². The number of hydrogen-bond acceptors (Lipinski definition) is 2. The van der Waals surface area contributed by atoms with Gasteiger partial charge in [0.05, 0.1) is 16.0 Å². The first-order chi connectivity index (χ1) is 14.5. The van der Waals surface area contributed by atoms with Crippen molar-refractivity contribution in [3.05, 3.63) is 95.2 Å². The molecule has 1 heterocycles. The maximum atomic E-state index is 11.3. The molecule has 1 aromatic heterocycles. The SMILES string of the molecule is CCC(C)CC.O=[N+]([O-])c1ccccc1-c1ccc2ccn(-c3ccccc3)c2c1. The minimum absolute atomic E-state index is 0.120. The number of para-hydroxylation sites is 2. The lowest BCUT2D eigenvalue weighted by molar-refractivity contribution is -0.384. The van der Waals surface area contributed by atoms with Crippen molar-refractivity contribution in [2.75, 3.05) is 0 Å². The van der Waals surface area contributed by atoms with E-state index in [2.05, 4.69) is 25.3 Å². The highest BCUT2D eigenvalue weighted by Gasteiger charge is 2.15. The van der Waals surface area contributed by atoms with Gasteiger partial charge in [0, 0.05) is 18.0 Å². The summed E-state index contributed by atoms with van der Waals surface area (Å²) in [5.41, 5.74) is 3.68. The van der Waals surface area contributed by atoms with Crippen molar-refractivity contribution < 1.29 is 4.92 Å². The minimum atomic E-state index is -0.338. The predicted molar refractivity (Wildman–Crippen MR) is 125 cm³/mol. The monoisotopic (exact) mass is 400 g/mol. The molecule has 0 saturated heterocycles. The number of hydrogen-bond donors (Lipinski definition) is 0. The zero-order chi connectivity index (χ0) is 21.5. The number of rotatable bonds is 5. The van der Waals surface area contributed by atoms with Crippen molar-refractivity contribution >= 4 is 16.6 Å². The van der Waals surface area contributed by atoms with Crippen molar-refractivity contribution in [2.45, 2.75) is 33.6 Å². The maximum Gasteiger partial charge on any atom is 0.277 e. The molecule has 4 aromatic rings. The van der Waals surface area contributed by atoms with Crippen molar-refractivity contribution in [1.29, 1.82) is 0 Å². The minimum Gasteiger partial charge on any atom is -0.317 e. The van der Waals surface area contributed by atoms with E-state index in [-0.39, 0.29) is 10.6 Å². The molecule has 0 unspecified atom stereocenters. The van der Waals surface area contributed by atoms with Crippen LogP contribution in [0, 0.1) is 16.0 Å².